The van der Waals surface area contributed by atoms with E-state index in [0.29, 0.717) is 5.65 Å². The fourth-order valence-electron chi connectivity index (χ4n) is 2.24. The second-order valence-electron chi connectivity index (χ2n) is 4.38. The van der Waals surface area contributed by atoms with Crippen LogP contribution in [0.4, 0.5) is 0 Å². The molecule has 0 radical (unpaired) electrons. The molecule has 19 heavy (non-hydrogen) atoms. The topological polar surface area (TPSA) is 115 Å². The van der Waals surface area contributed by atoms with E-state index < -0.39 is 37.2 Å². The Labute approximate surface area is 107 Å². The van der Waals surface area contributed by atoms with Crippen LogP contribution in [0.2, 0.25) is 0 Å². The van der Waals surface area contributed by atoms with Crippen molar-refractivity contribution in [3.05, 3.63) is 24.4 Å². The van der Waals surface area contributed by atoms with Crippen molar-refractivity contribution in [3.63, 3.8) is 0 Å². The summed E-state index contributed by atoms with van der Waals surface area (Å²) in [6.07, 6.45) is -2.85. The summed E-state index contributed by atoms with van der Waals surface area (Å²) in [7, 11) is 0. The molecule has 8 heteroatoms. The summed E-state index contributed by atoms with van der Waals surface area (Å²) in [5.74, 6) is 0. The predicted molar refractivity (Wildman–Crippen MR) is 57.8 cm³/mol. The van der Waals surface area contributed by atoms with Crippen LogP contribution >= 0.6 is 0 Å². The van der Waals surface area contributed by atoms with Gasteiger partial charge in [-0.2, -0.15) is 0 Å². The summed E-state index contributed by atoms with van der Waals surface area (Å²) in [5.41, 5.74) is 0.433. The van der Waals surface area contributed by atoms with Gasteiger partial charge < -0.3 is 25.2 Å². The molecule has 4 atom stereocenters. The zero-order valence-electron chi connectivity index (χ0n) is 9.83. The third kappa shape index (κ3) is 1.77. The SMILES string of the molecule is [O-]c1nn(C2OC(CO)C(O)C2O)c2cccc[n+]12. The molecule has 3 heterocycles. The maximum absolute atomic E-state index is 11.7. The van der Waals surface area contributed by atoms with Gasteiger partial charge in [-0.05, 0) is 6.07 Å². The fourth-order valence-corrected chi connectivity index (χ4v) is 2.24. The van der Waals surface area contributed by atoms with Crippen LogP contribution < -0.4 is 9.51 Å². The second kappa shape index (κ2) is 4.42. The molecular formula is C11H13N3O5. The molecule has 0 aliphatic carbocycles. The summed E-state index contributed by atoms with van der Waals surface area (Å²) >= 11 is 0. The lowest BCUT2D eigenvalue weighted by Crippen LogP contribution is -2.33. The molecular weight excluding hydrogens is 254 g/mol. The van der Waals surface area contributed by atoms with Crippen LogP contribution in [0, 0.1) is 0 Å². The molecule has 3 rings (SSSR count). The first-order valence-electron chi connectivity index (χ1n) is 5.82. The molecule has 3 N–H and O–H groups in total. The molecule has 1 aliphatic heterocycles. The Kier molecular flexibility index (Phi) is 2.86. The smallest absolute Gasteiger partial charge is 0.267 e. The highest BCUT2D eigenvalue weighted by molar-refractivity contribution is 5.30. The minimum absolute atomic E-state index is 0.425. The summed E-state index contributed by atoms with van der Waals surface area (Å²) < 4.78 is 7.86. The van der Waals surface area contributed by atoms with E-state index in [9.17, 15) is 15.3 Å². The molecule has 102 valence electrons. The highest BCUT2D eigenvalue weighted by Crippen LogP contribution is 2.29. The first-order valence-corrected chi connectivity index (χ1v) is 5.82. The molecule has 0 bridgehead atoms. The Morgan fingerprint density at radius 1 is 1.37 bits per heavy atom. The number of hydrogen-bond donors (Lipinski definition) is 3. The van der Waals surface area contributed by atoms with Crippen molar-refractivity contribution in [1.29, 1.82) is 0 Å². The number of aliphatic hydroxyl groups excluding tert-OH is 3. The van der Waals surface area contributed by atoms with Gasteiger partial charge in [0, 0.05) is 11.2 Å². The van der Waals surface area contributed by atoms with Gasteiger partial charge in [-0.3, -0.25) is 0 Å². The van der Waals surface area contributed by atoms with Crippen LogP contribution in [0.5, 0.6) is 6.01 Å². The first kappa shape index (κ1) is 12.3. The number of nitrogens with zero attached hydrogens (tertiary/aromatic N) is 3. The minimum Gasteiger partial charge on any atom is -0.817 e. The minimum atomic E-state index is -1.26. The van der Waals surface area contributed by atoms with Gasteiger partial charge in [0.05, 0.1) is 12.8 Å². The quantitative estimate of drug-likeness (QED) is 0.510. The summed E-state index contributed by atoms with van der Waals surface area (Å²) in [6.45, 7) is -0.425. The third-order valence-electron chi connectivity index (χ3n) is 3.23. The molecule has 0 spiro atoms. The Morgan fingerprint density at radius 2 is 2.16 bits per heavy atom. The van der Waals surface area contributed by atoms with E-state index >= 15 is 0 Å². The van der Waals surface area contributed by atoms with E-state index in [-0.39, 0.29) is 0 Å². The van der Waals surface area contributed by atoms with E-state index in [1.807, 2.05) is 0 Å². The van der Waals surface area contributed by atoms with Crippen molar-refractivity contribution in [1.82, 2.24) is 9.78 Å². The van der Waals surface area contributed by atoms with Crippen molar-refractivity contribution in [2.75, 3.05) is 6.61 Å². The van der Waals surface area contributed by atoms with Crippen molar-refractivity contribution >= 4 is 5.65 Å². The van der Waals surface area contributed by atoms with Gasteiger partial charge in [-0.1, -0.05) is 10.7 Å². The number of rotatable bonds is 2. The van der Waals surface area contributed by atoms with Crippen molar-refractivity contribution in [2.24, 2.45) is 0 Å². The van der Waals surface area contributed by atoms with Gasteiger partial charge in [0.2, 0.25) is 12.2 Å². The van der Waals surface area contributed by atoms with Crippen LogP contribution in [-0.4, -0.2) is 50.0 Å². The number of pyridine rings is 1. The van der Waals surface area contributed by atoms with E-state index in [1.165, 1.54) is 9.08 Å². The Bertz CT molecular complexity index is 601. The average Bonchev–Trinajstić information content (AvgIpc) is 2.90. The normalized spacial score (nSPS) is 31.1. The lowest BCUT2D eigenvalue weighted by atomic mass is 10.1. The Balaban J connectivity index is 2.06. The van der Waals surface area contributed by atoms with Gasteiger partial charge >= 0.3 is 0 Å². The molecule has 4 unspecified atom stereocenters. The number of ether oxygens (including phenoxy) is 1. The summed E-state index contributed by atoms with van der Waals surface area (Å²) in [5, 5.41) is 44.1. The number of fused-ring (bicyclic) bond motifs is 1. The summed E-state index contributed by atoms with van der Waals surface area (Å²) in [6, 6.07) is 4.53. The lowest BCUT2D eigenvalue weighted by Gasteiger charge is -2.10. The van der Waals surface area contributed by atoms with Gasteiger partial charge in [-0.15, -0.1) is 0 Å². The lowest BCUT2D eigenvalue weighted by molar-refractivity contribution is -0.586. The van der Waals surface area contributed by atoms with Crippen LogP contribution in [0.25, 0.3) is 5.65 Å². The maximum Gasteiger partial charge on any atom is 0.267 e. The third-order valence-corrected chi connectivity index (χ3v) is 3.23. The Morgan fingerprint density at radius 3 is 2.84 bits per heavy atom. The highest BCUT2D eigenvalue weighted by atomic mass is 16.6. The molecule has 0 amide bonds. The molecule has 2 aromatic heterocycles. The zero-order valence-corrected chi connectivity index (χ0v) is 9.83. The van der Waals surface area contributed by atoms with E-state index in [2.05, 4.69) is 5.10 Å². The number of aromatic nitrogens is 3. The van der Waals surface area contributed by atoms with Gasteiger partial charge in [0.25, 0.3) is 5.65 Å². The monoisotopic (exact) mass is 267 g/mol. The van der Waals surface area contributed by atoms with Crippen molar-refractivity contribution in [2.45, 2.75) is 24.5 Å². The first-order chi connectivity index (χ1) is 9.13. The number of hydrogen-bond acceptors (Lipinski definition) is 6. The van der Waals surface area contributed by atoms with Crippen LogP contribution in [0.3, 0.4) is 0 Å². The van der Waals surface area contributed by atoms with Crippen molar-refractivity contribution < 1.29 is 29.6 Å². The fraction of sp³-hybridized carbons (Fsp3) is 0.455. The predicted octanol–water partition coefficient (Wildman–Crippen LogP) is -2.69. The molecule has 8 nitrogen and oxygen atoms in total. The van der Waals surface area contributed by atoms with Crippen molar-refractivity contribution in [3.8, 4) is 6.01 Å². The van der Waals surface area contributed by atoms with Gasteiger partial charge in [0.15, 0.2) is 0 Å². The second-order valence-corrected chi connectivity index (χ2v) is 4.38. The van der Waals surface area contributed by atoms with Crippen LogP contribution in [0.1, 0.15) is 6.23 Å². The highest BCUT2D eigenvalue weighted by Gasteiger charge is 2.47. The van der Waals surface area contributed by atoms with Crippen LogP contribution in [-0.2, 0) is 4.74 Å². The molecule has 0 saturated carbocycles. The van der Waals surface area contributed by atoms with E-state index in [4.69, 9.17) is 9.84 Å². The molecule has 1 saturated heterocycles. The Hall–Kier alpha value is -1.74. The van der Waals surface area contributed by atoms with Gasteiger partial charge in [0.1, 0.15) is 18.3 Å². The average molecular weight is 267 g/mol. The van der Waals surface area contributed by atoms with Crippen LogP contribution in [0.15, 0.2) is 24.4 Å². The molecule has 1 fully saturated rings. The largest absolute Gasteiger partial charge is 0.817 e. The molecule has 1 aliphatic rings. The standard InChI is InChI=1S/C11H13N3O5/c15-5-6-8(16)9(17)10(19-6)14-7-3-1-2-4-13(7)11(18)12-14/h1-4,6,8-10,15-17H,5H2. The summed E-state index contributed by atoms with van der Waals surface area (Å²) in [4.78, 5) is 0. The molecule has 0 aromatic carbocycles. The molecule has 2 aromatic rings. The van der Waals surface area contributed by atoms with Gasteiger partial charge in [-0.25, -0.2) is 4.40 Å². The van der Waals surface area contributed by atoms with E-state index in [1.54, 1.807) is 24.4 Å². The number of aliphatic hydroxyl groups is 3. The zero-order chi connectivity index (χ0) is 13.6. The van der Waals surface area contributed by atoms with E-state index in [0.717, 1.165) is 0 Å². The maximum atomic E-state index is 11.7.